The van der Waals surface area contributed by atoms with Crippen LogP contribution in [0, 0.1) is 13.8 Å². The summed E-state index contributed by atoms with van der Waals surface area (Å²) in [6.45, 7) is 4.42. The SMILES string of the molecule is CC(=O)N(c1cnc2c(nc3c(C)cccn32)c1C)c1nc2c(=O)[nH]c(N)nc2n1[C@@H]1O[C@H](CO)[C@@H](O)[C@H]1O. The van der Waals surface area contributed by atoms with Crippen molar-refractivity contribution < 1.29 is 24.9 Å². The number of aliphatic hydroxyl groups excluding tert-OH is 3. The lowest BCUT2D eigenvalue weighted by Crippen LogP contribution is -2.34. The first-order chi connectivity index (χ1) is 18.6. The average Bonchev–Trinajstić information content (AvgIpc) is 3.54. The second-order valence-corrected chi connectivity index (χ2v) is 9.43. The largest absolute Gasteiger partial charge is 0.394 e. The predicted octanol–water partition coefficient (Wildman–Crippen LogP) is -0.189. The number of fused-ring (bicyclic) bond motifs is 4. The number of nitrogens with two attached hydrogens (primary N) is 1. The van der Waals surface area contributed by atoms with Gasteiger partial charge in [-0.3, -0.25) is 23.5 Å². The van der Waals surface area contributed by atoms with Gasteiger partial charge in [0.2, 0.25) is 17.8 Å². The number of aliphatic hydroxyl groups is 3. The molecule has 0 aliphatic carbocycles. The van der Waals surface area contributed by atoms with E-state index in [-0.39, 0.29) is 23.1 Å². The lowest BCUT2D eigenvalue weighted by molar-refractivity contribution is -0.116. The van der Waals surface area contributed by atoms with E-state index in [4.69, 9.17) is 15.5 Å². The van der Waals surface area contributed by atoms with Crippen LogP contribution in [0.15, 0.2) is 29.3 Å². The maximum atomic E-state index is 13.2. The number of rotatable bonds is 4. The smallest absolute Gasteiger partial charge is 0.280 e. The van der Waals surface area contributed by atoms with E-state index in [0.717, 1.165) is 5.56 Å². The summed E-state index contributed by atoms with van der Waals surface area (Å²) in [6.07, 6.45) is -2.20. The van der Waals surface area contributed by atoms with Crippen LogP contribution in [0.4, 0.5) is 17.6 Å². The zero-order chi connectivity index (χ0) is 27.7. The molecular weight excluding hydrogens is 510 g/mol. The molecule has 1 aliphatic heterocycles. The molecule has 4 atom stereocenters. The third kappa shape index (κ3) is 3.59. The molecule has 1 amide bonds. The van der Waals surface area contributed by atoms with Crippen molar-refractivity contribution in [2.45, 2.75) is 45.3 Å². The summed E-state index contributed by atoms with van der Waals surface area (Å²) in [5.74, 6) is -0.882. The van der Waals surface area contributed by atoms with Gasteiger partial charge in [0.15, 0.2) is 23.0 Å². The standard InChI is InChI=1S/C24H25N9O6/c1-9-5-4-6-31-18(9)27-14-10(2)12(7-26-19(14)31)32(11(3)35)24-28-15-20(29-23(25)30-21(15)38)33(24)22-17(37)16(36)13(8-34)39-22/h4-7,13,16-17,22,34,36-37H,8H2,1-3H3,(H3,25,29,30,38)/t13-,16-,17-,22-/m1/s1. The Hall–Kier alpha value is -4.44. The highest BCUT2D eigenvalue weighted by Gasteiger charge is 2.46. The molecule has 202 valence electrons. The van der Waals surface area contributed by atoms with E-state index < -0.39 is 42.6 Å². The molecule has 15 heteroatoms. The van der Waals surface area contributed by atoms with Gasteiger partial charge >= 0.3 is 0 Å². The number of ether oxygens (including phenoxy) is 1. The molecule has 1 fully saturated rings. The normalized spacial score (nSPS) is 21.4. The lowest BCUT2D eigenvalue weighted by atomic mass is 10.1. The van der Waals surface area contributed by atoms with Crippen molar-refractivity contribution in [2.75, 3.05) is 17.2 Å². The molecule has 6 heterocycles. The quantitative estimate of drug-likeness (QED) is 0.204. The zero-order valence-corrected chi connectivity index (χ0v) is 21.1. The average molecular weight is 536 g/mol. The molecule has 0 unspecified atom stereocenters. The molecule has 5 aromatic rings. The van der Waals surface area contributed by atoms with E-state index in [1.165, 1.54) is 22.6 Å². The second-order valence-electron chi connectivity index (χ2n) is 9.43. The van der Waals surface area contributed by atoms with Gasteiger partial charge < -0.3 is 25.8 Å². The summed E-state index contributed by atoms with van der Waals surface area (Å²) in [5.41, 5.74) is 8.52. The van der Waals surface area contributed by atoms with Crippen molar-refractivity contribution in [3.8, 4) is 0 Å². The van der Waals surface area contributed by atoms with Crippen molar-refractivity contribution in [3.05, 3.63) is 46.0 Å². The van der Waals surface area contributed by atoms with Gasteiger partial charge in [-0.25, -0.2) is 19.9 Å². The van der Waals surface area contributed by atoms with Crippen LogP contribution in [0.3, 0.4) is 0 Å². The Morgan fingerprint density at radius 3 is 2.62 bits per heavy atom. The lowest BCUT2D eigenvalue weighted by Gasteiger charge is -2.26. The summed E-state index contributed by atoms with van der Waals surface area (Å²) in [4.78, 5) is 47.5. The van der Waals surface area contributed by atoms with Crippen molar-refractivity contribution in [1.82, 2.24) is 33.9 Å². The summed E-state index contributed by atoms with van der Waals surface area (Å²) < 4.78 is 8.80. The van der Waals surface area contributed by atoms with E-state index in [2.05, 4.69) is 19.9 Å². The van der Waals surface area contributed by atoms with Gasteiger partial charge in [0.1, 0.15) is 29.5 Å². The number of amides is 1. The van der Waals surface area contributed by atoms with E-state index in [0.29, 0.717) is 28.1 Å². The summed E-state index contributed by atoms with van der Waals surface area (Å²) in [5, 5.41) is 30.9. The van der Waals surface area contributed by atoms with Crippen LogP contribution in [0.1, 0.15) is 24.3 Å². The number of aromatic amines is 1. The third-order valence-corrected chi connectivity index (χ3v) is 6.95. The number of H-pyrrole nitrogens is 1. The summed E-state index contributed by atoms with van der Waals surface area (Å²) in [6, 6.07) is 3.81. The molecular formula is C24H25N9O6. The van der Waals surface area contributed by atoms with Crippen LogP contribution >= 0.6 is 0 Å². The fraction of sp³-hybridized carbons (Fsp3) is 0.333. The first kappa shape index (κ1) is 24.9. The van der Waals surface area contributed by atoms with Gasteiger partial charge in [-0.05, 0) is 25.5 Å². The molecule has 0 aromatic carbocycles. The minimum absolute atomic E-state index is 0.0950. The number of nitrogens with zero attached hydrogens (tertiary/aromatic N) is 7. The molecule has 0 radical (unpaired) electrons. The minimum atomic E-state index is -1.56. The molecule has 1 saturated heterocycles. The highest BCUT2D eigenvalue weighted by Crippen LogP contribution is 2.38. The monoisotopic (exact) mass is 535 g/mol. The third-order valence-electron chi connectivity index (χ3n) is 6.95. The molecule has 39 heavy (non-hydrogen) atoms. The van der Waals surface area contributed by atoms with Gasteiger partial charge in [0.05, 0.1) is 18.5 Å². The van der Waals surface area contributed by atoms with Crippen molar-refractivity contribution in [1.29, 1.82) is 0 Å². The molecule has 0 bridgehead atoms. The van der Waals surface area contributed by atoms with E-state index in [9.17, 15) is 24.9 Å². The van der Waals surface area contributed by atoms with Gasteiger partial charge in [0.25, 0.3) is 5.56 Å². The van der Waals surface area contributed by atoms with E-state index in [1.807, 2.05) is 29.7 Å². The number of carbonyl (C=O) groups is 1. The van der Waals surface area contributed by atoms with Crippen molar-refractivity contribution in [2.24, 2.45) is 0 Å². The summed E-state index contributed by atoms with van der Waals surface area (Å²) >= 11 is 0. The maximum absolute atomic E-state index is 13.2. The number of imidazole rings is 2. The Kier molecular flexibility index (Phi) is 5.62. The number of hydrogen-bond acceptors (Lipinski definition) is 11. The second kappa shape index (κ2) is 8.81. The Labute approximate surface area is 219 Å². The first-order valence-corrected chi connectivity index (χ1v) is 12.1. The maximum Gasteiger partial charge on any atom is 0.280 e. The molecule has 1 aliphatic rings. The van der Waals surface area contributed by atoms with Crippen molar-refractivity contribution >= 4 is 51.5 Å². The highest BCUT2D eigenvalue weighted by molar-refractivity contribution is 6.01. The van der Waals surface area contributed by atoms with Crippen LogP contribution in [0.2, 0.25) is 0 Å². The molecule has 5 aromatic heterocycles. The Bertz CT molecular complexity index is 1840. The molecule has 0 saturated carbocycles. The number of aryl methyl sites for hydroxylation is 2. The topological polar surface area (TPSA) is 210 Å². The number of nitrogen functional groups attached to an aromatic ring is 1. The van der Waals surface area contributed by atoms with Gasteiger partial charge in [-0.2, -0.15) is 4.98 Å². The van der Waals surface area contributed by atoms with Crippen LogP contribution in [-0.2, 0) is 9.53 Å². The van der Waals surface area contributed by atoms with E-state index >= 15 is 0 Å². The zero-order valence-electron chi connectivity index (χ0n) is 21.1. The fourth-order valence-corrected chi connectivity index (χ4v) is 5.03. The summed E-state index contributed by atoms with van der Waals surface area (Å²) in [7, 11) is 0. The number of nitrogens with one attached hydrogen (secondary N) is 1. The molecule has 0 spiro atoms. The number of aromatic nitrogens is 7. The number of carbonyl (C=O) groups excluding carboxylic acids is 1. The Balaban J connectivity index is 1.63. The minimum Gasteiger partial charge on any atom is -0.394 e. The first-order valence-electron chi connectivity index (χ1n) is 12.1. The number of pyridine rings is 2. The number of anilines is 3. The van der Waals surface area contributed by atoms with Gasteiger partial charge in [-0.1, -0.05) is 6.07 Å². The van der Waals surface area contributed by atoms with E-state index in [1.54, 1.807) is 6.92 Å². The molecule has 6 rings (SSSR count). The van der Waals surface area contributed by atoms with Crippen LogP contribution in [-0.4, -0.2) is 80.0 Å². The van der Waals surface area contributed by atoms with Crippen LogP contribution < -0.4 is 16.2 Å². The predicted molar refractivity (Wildman–Crippen MR) is 138 cm³/mol. The highest BCUT2D eigenvalue weighted by atomic mass is 16.6. The van der Waals surface area contributed by atoms with Crippen molar-refractivity contribution in [3.63, 3.8) is 0 Å². The van der Waals surface area contributed by atoms with Gasteiger partial charge in [0, 0.05) is 18.7 Å². The fourth-order valence-electron chi connectivity index (χ4n) is 5.03. The molecule has 6 N–H and O–H groups in total. The number of hydrogen-bond donors (Lipinski definition) is 5. The Morgan fingerprint density at radius 1 is 1.15 bits per heavy atom. The van der Waals surface area contributed by atoms with Crippen LogP contribution in [0.5, 0.6) is 0 Å². The van der Waals surface area contributed by atoms with Crippen LogP contribution in [0.25, 0.3) is 28.0 Å². The van der Waals surface area contributed by atoms with Gasteiger partial charge in [-0.15, -0.1) is 0 Å². The molecule has 15 nitrogen and oxygen atoms in total. The Morgan fingerprint density at radius 2 is 1.92 bits per heavy atom.